The van der Waals surface area contributed by atoms with Crippen LogP contribution in [0.3, 0.4) is 0 Å². The van der Waals surface area contributed by atoms with Crippen molar-refractivity contribution in [3.63, 3.8) is 0 Å². The number of benzene rings is 2. The van der Waals surface area contributed by atoms with Gasteiger partial charge >= 0.3 is 5.97 Å². The van der Waals surface area contributed by atoms with Gasteiger partial charge in [0.05, 0.1) is 39.6 Å². The number of nitrogens with one attached hydrogen (secondary N) is 1. The average molecular weight is 928 g/mol. The third-order valence-electron chi connectivity index (χ3n) is 15.0. The monoisotopic (exact) mass is 926 g/mol. The molecule has 0 radical (unpaired) electrons. The molecule has 1 aliphatic carbocycles. The average Bonchev–Trinajstić information content (AvgIpc) is 3.71. The summed E-state index contributed by atoms with van der Waals surface area (Å²) in [7, 11) is 2.05. The Morgan fingerprint density at radius 3 is 2.43 bits per heavy atom. The van der Waals surface area contributed by atoms with Crippen molar-refractivity contribution >= 4 is 45.9 Å². The van der Waals surface area contributed by atoms with Crippen LogP contribution < -0.4 is 20.7 Å². The van der Waals surface area contributed by atoms with E-state index < -0.39 is 11.6 Å². The second kappa shape index (κ2) is 18.2. The molecular weight excluding hydrogens is 872 g/mol. The van der Waals surface area contributed by atoms with Crippen molar-refractivity contribution in [2.24, 2.45) is 5.92 Å². The van der Waals surface area contributed by atoms with E-state index in [0.29, 0.717) is 58.2 Å². The van der Waals surface area contributed by atoms with E-state index in [1.165, 1.54) is 0 Å². The number of aromatic nitrogens is 4. The van der Waals surface area contributed by atoms with Crippen LogP contribution in [0.15, 0.2) is 59.4 Å². The molecule has 0 spiro atoms. The van der Waals surface area contributed by atoms with Gasteiger partial charge in [0.2, 0.25) is 0 Å². The number of hydrogen-bond donors (Lipinski definition) is 3. The van der Waals surface area contributed by atoms with Gasteiger partial charge < -0.3 is 39.5 Å². The van der Waals surface area contributed by atoms with E-state index in [2.05, 4.69) is 41.2 Å². The van der Waals surface area contributed by atoms with Crippen molar-refractivity contribution in [3.8, 4) is 23.2 Å². The van der Waals surface area contributed by atoms with Gasteiger partial charge in [-0.25, -0.2) is 9.78 Å². The Kier molecular flexibility index (Phi) is 12.1. The zero-order valence-corrected chi connectivity index (χ0v) is 38.6. The second-order valence-electron chi connectivity index (χ2n) is 18.9. The van der Waals surface area contributed by atoms with Crippen LogP contribution >= 0.6 is 11.6 Å². The summed E-state index contributed by atoms with van der Waals surface area (Å²) >= 11 is 6.28. The Balaban J connectivity index is 0.689. The van der Waals surface area contributed by atoms with E-state index in [0.717, 1.165) is 112 Å². The van der Waals surface area contributed by atoms with E-state index in [-0.39, 0.29) is 47.4 Å². The number of nitriles is 1. The molecule has 16 nitrogen and oxygen atoms in total. The number of esters is 1. The molecule has 17 heteroatoms. The Labute approximate surface area is 393 Å². The van der Waals surface area contributed by atoms with E-state index in [4.69, 9.17) is 21.3 Å². The van der Waals surface area contributed by atoms with Crippen LogP contribution in [-0.2, 0) is 34.8 Å². The van der Waals surface area contributed by atoms with E-state index in [9.17, 15) is 29.9 Å². The normalized spacial score (nSPS) is 22.1. The molecule has 1 saturated carbocycles. The maximum atomic E-state index is 13.7. The highest BCUT2D eigenvalue weighted by Crippen LogP contribution is 2.40. The minimum Gasteiger partial charge on any atom is -0.508 e. The molecule has 348 valence electrons. The molecule has 10 rings (SSSR count). The van der Waals surface area contributed by atoms with Gasteiger partial charge in [-0.3, -0.25) is 14.5 Å². The molecule has 67 heavy (non-hydrogen) atoms. The van der Waals surface area contributed by atoms with Gasteiger partial charge in [-0.15, -0.1) is 10.2 Å². The number of ether oxygens (including phenoxy) is 1. The van der Waals surface area contributed by atoms with Crippen LogP contribution in [0, 0.1) is 17.2 Å². The van der Waals surface area contributed by atoms with Gasteiger partial charge in [0, 0.05) is 99.3 Å². The van der Waals surface area contributed by atoms with Crippen LogP contribution in [0.25, 0.3) is 22.3 Å². The van der Waals surface area contributed by atoms with Crippen molar-refractivity contribution in [1.29, 1.82) is 5.26 Å². The molecular formula is C50H55ClN10O6. The molecule has 5 aliphatic rings. The van der Waals surface area contributed by atoms with Crippen LogP contribution in [0.5, 0.6) is 5.75 Å². The van der Waals surface area contributed by atoms with Crippen molar-refractivity contribution in [2.75, 3.05) is 62.7 Å². The number of pyridine rings is 2. The fourth-order valence-electron chi connectivity index (χ4n) is 10.8. The number of piperidine rings is 1. The molecule has 0 unspecified atom stereocenters. The van der Waals surface area contributed by atoms with E-state index >= 15 is 0 Å². The summed E-state index contributed by atoms with van der Waals surface area (Å²) in [5, 5.41) is 44.9. The first-order valence-electron chi connectivity index (χ1n) is 23.5. The topological polar surface area (TPSA) is 193 Å². The van der Waals surface area contributed by atoms with Crippen LogP contribution in [0.2, 0.25) is 5.02 Å². The highest BCUT2D eigenvalue weighted by atomic mass is 35.5. The summed E-state index contributed by atoms with van der Waals surface area (Å²) < 4.78 is 6.86. The third kappa shape index (κ3) is 8.47. The predicted octanol–water partition coefficient (Wildman–Crippen LogP) is 5.31. The number of carbonyl (C=O) groups excluding carboxylic acids is 2. The first kappa shape index (κ1) is 44.7. The van der Waals surface area contributed by atoms with Gasteiger partial charge in [-0.05, 0) is 105 Å². The highest BCUT2D eigenvalue weighted by molar-refractivity contribution is 6.32. The van der Waals surface area contributed by atoms with E-state index in [1.807, 2.05) is 31.3 Å². The summed E-state index contributed by atoms with van der Waals surface area (Å²) in [4.78, 5) is 53.8. The summed E-state index contributed by atoms with van der Waals surface area (Å²) in [6.45, 7) is 8.76. The van der Waals surface area contributed by atoms with E-state index in [1.54, 1.807) is 41.8 Å². The number of fused-ring (bicyclic) bond motifs is 5. The van der Waals surface area contributed by atoms with Gasteiger partial charge in [0.15, 0.2) is 17.1 Å². The standard InChI is InChI=1S/C50H55ClN10O6/c1-3-50(66)39-24-43-46-32(27-61(43)48(64)38(39)29-67-49(50)65)22-36-37(44(62)12-10-41(36)54-46)28-59-20-18-58(19-21-59)26-30-14-16-60(17-15-30)45-13-11-42(55-56-45)47(63)53-33-5-8-34(9-6-33)57(2)35-7-4-31(25-52)40(51)23-35/h4,7,10-13,22-24,30,33-34,62,66H,3,5-6,8-9,14-21,26-29H2,1-2H3,(H,53,63)/t33-,34-,50-/m0/s1. The van der Waals surface area contributed by atoms with Crippen molar-refractivity contribution in [1.82, 2.24) is 34.9 Å². The van der Waals surface area contributed by atoms with Gasteiger partial charge in [-0.1, -0.05) is 18.5 Å². The van der Waals surface area contributed by atoms with Crippen LogP contribution in [-0.4, -0.2) is 117 Å². The molecule has 3 fully saturated rings. The number of aliphatic hydroxyl groups is 1. The molecule has 1 amide bonds. The number of halogens is 1. The highest BCUT2D eigenvalue weighted by Gasteiger charge is 2.45. The van der Waals surface area contributed by atoms with Crippen molar-refractivity contribution in [2.45, 2.75) is 89.3 Å². The number of carbonyl (C=O) groups is 2. The summed E-state index contributed by atoms with van der Waals surface area (Å²) in [6, 6.07) is 18.9. The number of amides is 1. The first-order valence-corrected chi connectivity index (χ1v) is 23.9. The third-order valence-corrected chi connectivity index (χ3v) is 15.3. The molecule has 2 aromatic carbocycles. The number of phenols is 1. The van der Waals surface area contributed by atoms with Gasteiger partial charge in [0.25, 0.3) is 11.5 Å². The number of phenolic OH excluding ortho intramolecular Hbond substituents is 1. The molecule has 5 aromatic rings. The zero-order valence-electron chi connectivity index (χ0n) is 37.9. The fourth-order valence-corrected chi connectivity index (χ4v) is 11.1. The lowest BCUT2D eigenvalue weighted by Gasteiger charge is -2.39. The van der Waals surface area contributed by atoms with Crippen LogP contribution in [0.1, 0.15) is 90.2 Å². The maximum Gasteiger partial charge on any atom is 0.343 e. The van der Waals surface area contributed by atoms with Crippen molar-refractivity contribution < 1.29 is 24.5 Å². The van der Waals surface area contributed by atoms with Gasteiger partial charge in [0.1, 0.15) is 18.4 Å². The number of aromatic hydroxyl groups is 1. The Hall–Kier alpha value is -6.12. The quantitative estimate of drug-likeness (QED) is 0.150. The molecule has 1 atom stereocenters. The minimum absolute atomic E-state index is 0.0712. The molecule has 3 N–H and O–H groups in total. The Bertz CT molecular complexity index is 2840. The molecule has 2 saturated heterocycles. The molecule has 3 aromatic heterocycles. The minimum atomic E-state index is -1.89. The number of hydrogen-bond acceptors (Lipinski definition) is 14. The number of piperazine rings is 1. The number of anilines is 2. The number of cyclic esters (lactones) is 1. The Morgan fingerprint density at radius 2 is 1.73 bits per heavy atom. The lowest BCUT2D eigenvalue weighted by Crippen LogP contribution is -2.48. The smallest absolute Gasteiger partial charge is 0.343 e. The lowest BCUT2D eigenvalue weighted by atomic mass is 9.86. The molecule has 0 bridgehead atoms. The summed E-state index contributed by atoms with van der Waals surface area (Å²) in [6.07, 6.45) is 5.74. The SMILES string of the molecule is CC[C@@]1(O)C(=O)OCc2c1cc1n(c2=O)Cc2cc3c(CN4CCN(CC5CCN(c6ccc(C(=O)N[C@H]7CC[C@H](N(C)c8ccc(C#N)c(Cl)c8)CC7)nn6)CC5)CC4)c(O)ccc3nc2-1. The second-order valence-corrected chi connectivity index (χ2v) is 19.3. The maximum absolute atomic E-state index is 13.7. The summed E-state index contributed by atoms with van der Waals surface area (Å²) in [5.74, 6) is 0.628. The zero-order chi connectivity index (χ0) is 46.6. The predicted molar refractivity (Wildman–Crippen MR) is 253 cm³/mol. The summed E-state index contributed by atoms with van der Waals surface area (Å²) in [5.41, 5.74) is 3.72. The number of rotatable bonds is 10. The largest absolute Gasteiger partial charge is 0.508 e. The number of nitrogens with zero attached hydrogens (tertiary/aromatic N) is 9. The van der Waals surface area contributed by atoms with Gasteiger partial charge in [-0.2, -0.15) is 5.26 Å². The first-order chi connectivity index (χ1) is 32.4. The molecule has 4 aliphatic heterocycles. The Morgan fingerprint density at radius 1 is 0.970 bits per heavy atom. The molecule has 7 heterocycles. The van der Waals surface area contributed by atoms with Crippen molar-refractivity contribution in [3.05, 3.63) is 103 Å². The lowest BCUT2D eigenvalue weighted by molar-refractivity contribution is -0.172. The fraction of sp³-hybridized carbons (Fsp3) is 0.460. The van der Waals surface area contributed by atoms with Crippen LogP contribution in [0.4, 0.5) is 11.5 Å².